The molecule has 4 aromatic rings. The second-order valence-corrected chi connectivity index (χ2v) is 9.33. The normalized spacial score (nSPS) is 14.4. The largest absolute Gasteiger partial charge is 0.504 e. The Hall–Kier alpha value is -4.16. The third-order valence-corrected chi connectivity index (χ3v) is 6.81. The molecule has 0 fully saturated rings. The molecule has 6 nitrogen and oxygen atoms in total. The van der Waals surface area contributed by atoms with E-state index in [-0.39, 0.29) is 11.8 Å². The highest BCUT2D eigenvalue weighted by atomic mass is 16.5. The van der Waals surface area contributed by atoms with Crippen LogP contribution in [0.1, 0.15) is 33.9 Å². The fourth-order valence-corrected chi connectivity index (χ4v) is 4.93. The van der Waals surface area contributed by atoms with Crippen LogP contribution in [0, 0.1) is 0 Å². The van der Waals surface area contributed by atoms with Gasteiger partial charge < -0.3 is 29.4 Å². The summed E-state index contributed by atoms with van der Waals surface area (Å²) in [5.41, 5.74) is 5.34. The molecule has 0 spiro atoms. The maximum absolute atomic E-state index is 10.7. The molecule has 0 bridgehead atoms. The quantitative estimate of drug-likeness (QED) is 0.272. The van der Waals surface area contributed by atoms with Crippen LogP contribution in [-0.4, -0.2) is 25.9 Å². The molecular weight excluding hydrogens is 478 g/mol. The number of phenols is 1. The van der Waals surface area contributed by atoms with Crippen molar-refractivity contribution in [2.24, 2.45) is 0 Å². The molecule has 1 atom stereocenters. The number of aromatic hydroxyl groups is 1. The van der Waals surface area contributed by atoms with E-state index >= 15 is 0 Å². The van der Waals surface area contributed by atoms with Crippen LogP contribution < -0.4 is 24.3 Å². The molecule has 1 aliphatic heterocycles. The van der Waals surface area contributed by atoms with E-state index in [2.05, 4.69) is 11.4 Å². The molecule has 0 saturated carbocycles. The van der Waals surface area contributed by atoms with Crippen molar-refractivity contribution in [2.75, 3.05) is 20.8 Å². The number of fused-ring (bicyclic) bond motifs is 1. The van der Waals surface area contributed by atoms with Gasteiger partial charge in [-0.1, -0.05) is 66.7 Å². The van der Waals surface area contributed by atoms with Gasteiger partial charge in [0.1, 0.15) is 13.2 Å². The Kier molecular flexibility index (Phi) is 8.00. The number of methoxy groups -OCH3 is 2. The highest BCUT2D eigenvalue weighted by Gasteiger charge is 2.29. The van der Waals surface area contributed by atoms with Gasteiger partial charge in [0.05, 0.1) is 14.2 Å². The average molecular weight is 512 g/mol. The Bertz CT molecular complexity index is 1360. The average Bonchev–Trinajstić information content (AvgIpc) is 2.96. The highest BCUT2D eigenvalue weighted by Crippen LogP contribution is 2.47. The second kappa shape index (κ2) is 11.9. The zero-order valence-corrected chi connectivity index (χ0v) is 21.8. The minimum Gasteiger partial charge on any atom is -0.504 e. The number of phenolic OH excluding ortho intramolecular Hbond substituents is 1. The van der Waals surface area contributed by atoms with E-state index in [4.69, 9.17) is 18.9 Å². The molecule has 0 saturated heterocycles. The van der Waals surface area contributed by atoms with Gasteiger partial charge in [-0.25, -0.2) is 0 Å². The SMILES string of the molecule is COc1cc2c(c(OCc3ccccc3)c1OC)C(Cc1ccc(OCc3ccccc3)c(O)c1)NCC2. The van der Waals surface area contributed by atoms with Crippen LogP contribution >= 0.6 is 0 Å². The number of rotatable bonds is 10. The zero-order chi connectivity index (χ0) is 26.3. The van der Waals surface area contributed by atoms with Crippen molar-refractivity contribution in [3.05, 3.63) is 113 Å². The van der Waals surface area contributed by atoms with Crippen molar-refractivity contribution >= 4 is 0 Å². The van der Waals surface area contributed by atoms with Crippen molar-refractivity contribution in [3.8, 4) is 28.7 Å². The summed E-state index contributed by atoms with van der Waals surface area (Å²) >= 11 is 0. The Morgan fingerprint density at radius 3 is 2.05 bits per heavy atom. The summed E-state index contributed by atoms with van der Waals surface area (Å²) in [6.07, 6.45) is 1.52. The van der Waals surface area contributed by atoms with E-state index in [1.165, 1.54) is 5.56 Å². The van der Waals surface area contributed by atoms with Gasteiger partial charge in [0.2, 0.25) is 5.75 Å². The number of ether oxygens (including phenoxy) is 4. The summed E-state index contributed by atoms with van der Waals surface area (Å²) in [7, 11) is 3.28. The first-order valence-corrected chi connectivity index (χ1v) is 12.8. The third-order valence-electron chi connectivity index (χ3n) is 6.81. The van der Waals surface area contributed by atoms with Crippen molar-refractivity contribution in [1.29, 1.82) is 0 Å². The molecule has 5 rings (SSSR count). The Balaban J connectivity index is 1.40. The van der Waals surface area contributed by atoms with Gasteiger partial charge in [-0.05, 0) is 59.8 Å². The van der Waals surface area contributed by atoms with Crippen molar-refractivity contribution in [1.82, 2.24) is 5.32 Å². The first kappa shape index (κ1) is 25.5. The van der Waals surface area contributed by atoms with Crippen LogP contribution in [0.2, 0.25) is 0 Å². The number of nitrogens with one attached hydrogen (secondary N) is 1. The van der Waals surface area contributed by atoms with Crippen molar-refractivity contribution < 1.29 is 24.1 Å². The van der Waals surface area contributed by atoms with Crippen LogP contribution in [0.3, 0.4) is 0 Å². The molecule has 2 N–H and O–H groups in total. The van der Waals surface area contributed by atoms with Gasteiger partial charge in [-0.2, -0.15) is 0 Å². The van der Waals surface area contributed by atoms with Crippen LogP contribution in [-0.2, 0) is 26.1 Å². The molecule has 1 unspecified atom stereocenters. The fraction of sp³-hybridized carbons (Fsp3) is 0.250. The topological polar surface area (TPSA) is 69.2 Å². The van der Waals surface area contributed by atoms with Gasteiger partial charge in [0.25, 0.3) is 0 Å². The molecule has 0 amide bonds. The van der Waals surface area contributed by atoms with Gasteiger partial charge in [-0.15, -0.1) is 0 Å². The summed E-state index contributed by atoms with van der Waals surface area (Å²) in [5.74, 6) is 2.53. The Morgan fingerprint density at radius 2 is 1.42 bits per heavy atom. The van der Waals surface area contributed by atoms with E-state index in [1.54, 1.807) is 20.3 Å². The standard InChI is InChI=1S/C32H33NO5/c1-35-29-19-25-15-16-33-26(30(25)32(31(29)36-2)38-21-23-11-7-4-8-12-23)17-24-13-14-28(27(34)18-24)37-20-22-9-5-3-6-10-22/h3-14,18-19,26,33-34H,15-17,20-21H2,1-2H3. The minimum absolute atomic E-state index is 0.0279. The molecule has 0 aliphatic carbocycles. The molecule has 38 heavy (non-hydrogen) atoms. The molecular formula is C32H33NO5. The fourth-order valence-electron chi connectivity index (χ4n) is 4.93. The predicted molar refractivity (Wildman–Crippen MR) is 147 cm³/mol. The summed E-state index contributed by atoms with van der Waals surface area (Å²) in [5, 5.41) is 14.3. The first-order valence-electron chi connectivity index (χ1n) is 12.8. The van der Waals surface area contributed by atoms with Gasteiger partial charge in [-0.3, -0.25) is 0 Å². The lowest BCUT2D eigenvalue weighted by Crippen LogP contribution is -2.32. The van der Waals surface area contributed by atoms with Crippen LogP contribution in [0.4, 0.5) is 0 Å². The van der Waals surface area contributed by atoms with Gasteiger partial charge in [0.15, 0.2) is 23.0 Å². The molecule has 1 aliphatic rings. The Morgan fingerprint density at radius 1 is 0.737 bits per heavy atom. The summed E-state index contributed by atoms with van der Waals surface area (Å²) in [4.78, 5) is 0. The van der Waals surface area contributed by atoms with Crippen LogP contribution in [0.5, 0.6) is 28.7 Å². The molecule has 1 heterocycles. The minimum atomic E-state index is -0.0279. The first-order chi connectivity index (χ1) is 18.7. The maximum atomic E-state index is 10.7. The number of hydrogen-bond acceptors (Lipinski definition) is 6. The second-order valence-electron chi connectivity index (χ2n) is 9.33. The summed E-state index contributed by atoms with van der Waals surface area (Å²) < 4.78 is 23.7. The monoisotopic (exact) mass is 511 g/mol. The van der Waals surface area contributed by atoms with Crippen molar-refractivity contribution in [3.63, 3.8) is 0 Å². The molecule has 4 aromatic carbocycles. The van der Waals surface area contributed by atoms with Crippen LogP contribution in [0.25, 0.3) is 0 Å². The van der Waals surface area contributed by atoms with Gasteiger partial charge >= 0.3 is 0 Å². The third kappa shape index (κ3) is 5.71. The molecule has 6 heteroatoms. The molecule has 196 valence electrons. The van der Waals surface area contributed by atoms with E-state index in [9.17, 15) is 5.11 Å². The van der Waals surface area contributed by atoms with E-state index in [0.29, 0.717) is 42.6 Å². The maximum Gasteiger partial charge on any atom is 0.203 e. The lowest BCUT2D eigenvalue weighted by molar-refractivity contribution is 0.266. The smallest absolute Gasteiger partial charge is 0.203 e. The van der Waals surface area contributed by atoms with Crippen LogP contribution in [0.15, 0.2) is 84.9 Å². The molecule has 0 aromatic heterocycles. The molecule has 0 radical (unpaired) electrons. The number of hydrogen-bond donors (Lipinski definition) is 2. The van der Waals surface area contributed by atoms with Gasteiger partial charge in [0, 0.05) is 11.6 Å². The van der Waals surface area contributed by atoms with E-state index in [0.717, 1.165) is 35.2 Å². The highest BCUT2D eigenvalue weighted by molar-refractivity contribution is 5.61. The van der Waals surface area contributed by atoms with E-state index < -0.39 is 0 Å². The lowest BCUT2D eigenvalue weighted by Gasteiger charge is -2.31. The van der Waals surface area contributed by atoms with Crippen molar-refractivity contribution in [2.45, 2.75) is 32.1 Å². The number of benzene rings is 4. The predicted octanol–water partition coefficient (Wildman–Crippen LogP) is 6.00. The summed E-state index contributed by atoms with van der Waals surface area (Å²) in [6.45, 7) is 1.64. The summed E-state index contributed by atoms with van der Waals surface area (Å²) in [6, 6.07) is 27.6. The zero-order valence-electron chi connectivity index (χ0n) is 21.8. The van der Waals surface area contributed by atoms with E-state index in [1.807, 2.05) is 72.8 Å². The Labute approximate surface area is 223 Å². The lowest BCUT2D eigenvalue weighted by atomic mass is 9.88.